The highest BCUT2D eigenvalue weighted by molar-refractivity contribution is 5.70. The van der Waals surface area contributed by atoms with Gasteiger partial charge in [0, 0.05) is 5.41 Å². The Labute approximate surface area is 174 Å². The molecule has 29 heavy (non-hydrogen) atoms. The van der Waals surface area contributed by atoms with Crippen LogP contribution < -0.4 is 0 Å². The van der Waals surface area contributed by atoms with Crippen molar-refractivity contribution in [3.8, 4) is 0 Å². The number of aliphatic hydroxyl groups is 1. The maximum absolute atomic E-state index is 12.7. The summed E-state index contributed by atoms with van der Waals surface area (Å²) in [6.07, 6.45) is 10.9. The van der Waals surface area contributed by atoms with Crippen LogP contribution in [-0.4, -0.2) is 29.6 Å². The van der Waals surface area contributed by atoms with Crippen LogP contribution >= 0.6 is 0 Å². The first-order valence-corrected chi connectivity index (χ1v) is 10.7. The fourth-order valence-corrected chi connectivity index (χ4v) is 5.31. The van der Waals surface area contributed by atoms with Gasteiger partial charge in [-0.2, -0.15) is 0 Å². The van der Waals surface area contributed by atoms with Gasteiger partial charge in [0.2, 0.25) is 0 Å². The maximum Gasteiger partial charge on any atom is 0.121 e. The lowest BCUT2D eigenvalue weighted by atomic mass is 9.56. The fourth-order valence-electron chi connectivity index (χ4n) is 5.31. The van der Waals surface area contributed by atoms with E-state index in [0.717, 1.165) is 61.2 Å². The van der Waals surface area contributed by atoms with Crippen LogP contribution in [0, 0.1) is 5.41 Å². The van der Waals surface area contributed by atoms with Crippen molar-refractivity contribution in [2.75, 3.05) is 19.6 Å². The highest BCUT2D eigenvalue weighted by Gasteiger charge is 2.56. The Morgan fingerprint density at radius 2 is 1.59 bits per heavy atom. The first kappa shape index (κ1) is 19.9. The molecule has 3 saturated heterocycles. The van der Waals surface area contributed by atoms with Crippen molar-refractivity contribution >= 4 is 5.57 Å². The van der Waals surface area contributed by atoms with Gasteiger partial charge in [-0.15, -0.1) is 0 Å². The average molecular weight is 386 g/mol. The van der Waals surface area contributed by atoms with Crippen molar-refractivity contribution in [1.82, 2.24) is 4.90 Å². The quantitative estimate of drug-likeness (QED) is 0.659. The zero-order valence-corrected chi connectivity index (χ0v) is 17.3. The Hall–Kier alpha value is -2.42. The standard InChI is InChI=1S/C27H31NO/c1-3-4-6-11-22(2)24-14-9-10-15-25(24)27(29,23-12-7-5-8-13-23)26-16-19-28(20-17-26)21-18-26/h3-15,29H,1,16-21H2,2H3/b6-4-,22-11+. The van der Waals surface area contributed by atoms with Crippen molar-refractivity contribution in [1.29, 1.82) is 0 Å². The van der Waals surface area contributed by atoms with E-state index in [2.05, 4.69) is 60.9 Å². The molecule has 0 amide bonds. The maximum atomic E-state index is 12.7. The van der Waals surface area contributed by atoms with E-state index in [1.54, 1.807) is 6.08 Å². The third-order valence-electron chi connectivity index (χ3n) is 7.01. The second-order valence-electron chi connectivity index (χ2n) is 8.46. The number of fused-ring (bicyclic) bond motifs is 3. The number of nitrogens with zero attached hydrogens (tertiary/aromatic N) is 1. The third-order valence-corrected chi connectivity index (χ3v) is 7.01. The van der Waals surface area contributed by atoms with Gasteiger partial charge in [0.15, 0.2) is 0 Å². The third kappa shape index (κ3) is 3.41. The molecular weight excluding hydrogens is 354 g/mol. The highest BCUT2D eigenvalue weighted by Crippen LogP contribution is 2.56. The number of benzene rings is 2. The molecule has 3 heterocycles. The van der Waals surface area contributed by atoms with E-state index >= 15 is 0 Å². The summed E-state index contributed by atoms with van der Waals surface area (Å²) in [5, 5.41) is 12.7. The smallest absolute Gasteiger partial charge is 0.121 e. The van der Waals surface area contributed by atoms with Gasteiger partial charge < -0.3 is 10.0 Å². The summed E-state index contributed by atoms with van der Waals surface area (Å²) in [6, 6.07) is 18.7. The van der Waals surface area contributed by atoms with Crippen molar-refractivity contribution in [2.24, 2.45) is 5.41 Å². The van der Waals surface area contributed by atoms with Gasteiger partial charge in [0.25, 0.3) is 0 Å². The van der Waals surface area contributed by atoms with Gasteiger partial charge in [0.1, 0.15) is 5.60 Å². The second-order valence-corrected chi connectivity index (χ2v) is 8.46. The number of hydrogen-bond acceptors (Lipinski definition) is 2. The first-order chi connectivity index (χ1) is 14.1. The molecule has 0 radical (unpaired) electrons. The predicted octanol–water partition coefficient (Wildman–Crippen LogP) is 5.55. The van der Waals surface area contributed by atoms with E-state index in [1.165, 1.54) is 0 Å². The fraction of sp³-hybridized carbons (Fsp3) is 0.333. The lowest BCUT2D eigenvalue weighted by molar-refractivity contribution is -0.125. The predicted molar refractivity (Wildman–Crippen MR) is 122 cm³/mol. The number of allylic oxidation sites excluding steroid dienone is 5. The lowest BCUT2D eigenvalue weighted by Crippen LogP contribution is -2.58. The van der Waals surface area contributed by atoms with Crippen LogP contribution in [-0.2, 0) is 5.60 Å². The van der Waals surface area contributed by atoms with E-state index in [9.17, 15) is 5.11 Å². The van der Waals surface area contributed by atoms with Crippen molar-refractivity contribution < 1.29 is 5.11 Å². The van der Waals surface area contributed by atoms with Crippen LogP contribution in [0.1, 0.15) is 42.9 Å². The molecule has 2 nitrogen and oxygen atoms in total. The molecule has 5 rings (SSSR count). The molecule has 3 aliphatic heterocycles. The second kappa shape index (κ2) is 8.14. The Balaban J connectivity index is 1.91. The molecule has 2 bridgehead atoms. The molecule has 150 valence electrons. The van der Waals surface area contributed by atoms with Crippen LogP contribution in [0.4, 0.5) is 0 Å². The van der Waals surface area contributed by atoms with E-state index in [4.69, 9.17) is 0 Å². The molecule has 0 aromatic heterocycles. The SMILES string of the molecule is C=C/C=C\C=C(/C)c1ccccc1C(O)(c1ccccc1)C12CCN(CC1)CC2. The summed E-state index contributed by atoms with van der Waals surface area (Å²) in [6.45, 7) is 9.11. The zero-order chi connectivity index (χ0) is 20.3. The normalized spacial score (nSPS) is 26.4. The summed E-state index contributed by atoms with van der Waals surface area (Å²) < 4.78 is 0. The van der Waals surface area contributed by atoms with Gasteiger partial charge in [0.05, 0.1) is 0 Å². The van der Waals surface area contributed by atoms with Crippen molar-refractivity contribution in [2.45, 2.75) is 31.8 Å². The summed E-state index contributed by atoms with van der Waals surface area (Å²) >= 11 is 0. The van der Waals surface area contributed by atoms with Gasteiger partial charge in [-0.1, -0.05) is 85.5 Å². The minimum absolute atomic E-state index is 0.129. The summed E-state index contributed by atoms with van der Waals surface area (Å²) in [7, 11) is 0. The Bertz CT molecular complexity index is 905. The molecular formula is C27H31NO. The topological polar surface area (TPSA) is 23.5 Å². The highest BCUT2D eigenvalue weighted by atomic mass is 16.3. The van der Waals surface area contributed by atoms with Gasteiger partial charge in [-0.05, 0) is 68.1 Å². The largest absolute Gasteiger partial charge is 0.380 e. The van der Waals surface area contributed by atoms with Crippen LogP contribution in [0.3, 0.4) is 0 Å². The van der Waals surface area contributed by atoms with Gasteiger partial charge >= 0.3 is 0 Å². The molecule has 3 fully saturated rings. The molecule has 0 saturated carbocycles. The van der Waals surface area contributed by atoms with Crippen molar-refractivity contribution in [3.05, 3.63) is 102 Å². The van der Waals surface area contributed by atoms with E-state index in [-0.39, 0.29) is 5.41 Å². The Morgan fingerprint density at radius 3 is 2.24 bits per heavy atom. The van der Waals surface area contributed by atoms with Crippen molar-refractivity contribution in [3.63, 3.8) is 0 Å². The Morgan fingerprint density at radius 1 is 0.966 bits per heavy atom. The first-order valence-electron chi connectivity index (χ1n) is 10.7. The van der Waals surface area contributed by atoms with Crippen LogP contribution in [0.15, 0.2) is 85.5 Å². The van der Waals surface area contributed by atoms with E-state index in [1.807, 2.05) is 30.4 Å². The molecule has 0 aliphatic carbocycles. The zero-order valence-electron chi connectivity index (χ0n) is 17.3. The van der Waals surface area contributed by atoms with Gasteiger partial charge in [-0.3, -0.25) is 0 Å². The molecule has 3 aliphatic rings. The minimum atomic E-state index is -1.01. The van der Waals surface area contributed by atoms with E-state index < -0.39 is 5.60 Å². The van der Waals surface area contributed by atoms with Gasteiger partial charge in [-0.25, -0.2) is 0 Å². The molecule has 1 N–H and O–H groups in total. The summed E-state index contributed by atoms with van der Waals surface area (Å²) in [4.78, 5) is 2.53. The molecule has 1 atom stereocenters. The monoisotopic (exact) mass is 385 g/mol. The molecule has 2 aromatic carbocycles. The lowest BCUT2D eigenvalue weighted by Gasteiger charge is -2.57. The number of piperidine rings is 3. The minimum Gasteiger partial charge on any atom is -0.380 e. The molecule has 2 heteroatoms. The Kier molecular flexibility index (Phi) is 5.58. The molecule has 1 unspecified atom stereocenters. The number of rotatable bonds is 6. The van der Waals surface area contributed by atoms with Crippen LogP contribution in [0.2, 0.25) is 0 Å². The van der Waals surface area contributed by atoms with E-state index in [0.29, 0.717) is 0 Å². The van der Waals surface area contributed by atoms with Crippen LogP contribution in [0.5, 0.6) is 0 Å². The average Bonchev–Trinajstić information content (AvgIpc) is 2.80. The molecule has 0 spiro atoms. The molecule has 2 aromatic rings. The number of hydrogen-bond donors (Lipinski definition) is 1. The van der Waals surface area contributed by atoms with Crippen LogP contribution in [0.25, 0.3) is 5.57 Å². The summed E-state index contributed by atoms with van der Waals surface area (Å²) in [5.41, 5.74) is 3.18. The summed E-state index contributed by atoms with van der Waals surface area (Å²) in [5.74, 6) is 0.